The van der Waals surface area contributed by atoms with Crippen LogP contribution in [0.2, 0.25) is 0 Å². The summed E-state index contributed by atoms with van der Waals surface area (Å²) >= 11 is 0. The Kier molecular flexibility index (Phi) is 4.37. The van der Waals surface area contributed by atoms with Gasteiger partial charge in [-0.1, -0.05) is 0 Å². The first-order valence-corrected chi connectivity index (χ1v) is 7.76. The largest absolute Gasteiger partial charge is 0.452 e. The van der Waals surface area contributed by atoms with E-state index >= 15 is 0 Å². The SMILES string of the molecule is CC(C)(C)OC(=O)Nc1ccc(Oc2ccnc3[nH]c(=O)[nH]c23)c(F)c1. The van der Waals surface area contributed by atoms with Crippen LogP contribution in [0.1, 0.15) is 20.8 Å². The van der Waals surface area contributed by atoms with Crippen molar-refractivity contribution in [1.29, 1.82) is 0 Å². The highest BCUT2D eigenvalue weighted by Gasteiger charge is 2.17. The van der Waals surface area contributed by atoms with E-state index < -0.39 is 23.2 Å². The molecule has 1 aromatic carbocycles. The van der Waals surface area contributed by atoms with Crippen LogP contribution in [-0.2, 0) is 4.74 Å². The summed E-state index contributed by atoms with van der Waals surface area (Å²) in [6.45, 7) is 5.18. The summed E-state index contributed by atoms with van der Waals surface area (Å²) in [4.78, 5) is 32.1. The molecular weight excluding hydrogens is 343 g/mol. The molecule has 0 unspecified atom stereocenters. The molecule has 0 bridgehead atoms. The zero-order valence-electron chi connectivity index (χ0n) is 14.3. The molecule has 3 rings (SSSR count). The van der Waals surface area contributed by atoms with Gasteiger partial charge in [-0.05, 0) is 32.9 Å². The number of rotatable bonds is 3. The lowest BCUT2D eigenvalue weighted by molar-refractivity contribution is 0.0636. The fourth-order valence-electron chi connectivity index (χ4n) is 2.20. The number of ether oxygens (including phenoxy) is 2. The van der Waals surface area contributed by atoms with E-state index in [0.717, 1.165) is 6.07 Å². The van der Waals surface area contributed by atoms with Gasteiger partial charge in [-0.15, -0.1) is 0 Å². The lowest BCUT2D eigenvalue weighted by atomic mass is 10.2. The topological polar surface area (TPSA) is 109 Å². The van der Waals surface area contributed by atoms with E-state index in [1.165, 1.54) is 24.4 Å². The number of aromatic amines is 2. The first-order valence-electron chi connectivity index (χ1n) is 7.76. The minimum absolute atomic E-state index is 0.0747. The Bertz CT molecular complexity index is 1020. The minimum atomic E-state index is -0.693. The molecule has 0 spiro atoms. The van der Waals surface area contributed by atoms with Crippen LogP contribution in [0.3, 0.4) is 0 Å². The van der Waals surface area contributed by atoms with Gasteiger partial charge >= 0.3 is 11.8 Å². The molecule has 0 aliphatic rings. The second-order valence-corrected chi connectivity index (χ2v) is 6.49. The van der Waals surface area contributed by atoms with E-state index in [-0.39, 0.29) is 17.2 Å². The number of carbonyl (C=O) groups excluding carboxylic acids is 1. The standard InChI is InChI=1S/C17H17FN4O4/c1-17(2,3)26-16(24)20-9-4-5-11(10(18)8-9)25-12-6-7-19-14-13(12)21-15(23)22-14/h4-8H,1-3H3,(H,20,24)(H2,19,21,22,23). The summed E-state index contributed by atoms with van der Waals surface area (Å²) in [5.41, 5.74) is -0.254. The molecule has 2 heterocycles. The summed E-state index contributed by atoms with van der Waals surface area (Å²) in [5, 5.41) is 2.44. The lowest BCUT2D eigenvalue weighted by Gasteiger charge is -2.19. The van der Waals surface area contributed by atoms with E-state index in [0.29, 0.717) is 11.2 Å². The zero-order valence-corrected chi connectivity index (χ0v) is 14.3. The van der Waals surface area contributed by atoms with E-state index in [1.54, 1.807) is 20.8 Å². The molecule has 8 nitrogen and oxygen atoms in total. The van der Waals surface area contributed by atoms with Crippen LogP contribution in [0.4, 0.5) is 14.9 Å². The van der Waals surface area contributed by atoms with Crippen molar-refractivity contribution in [3.8, 4) is 11.5 Å². The molecule has 0 aliphatic heterocycles. The maximum absolute atomic E-state index is 14.3. The Morgan fingerprint density at radius 2 is 1.96 bits per heavy atom. The van der Waals surface area contributed by atoms with Crippen molar-refractivity contribution >= 4 is 22.9 Å². The Balaban J connectivity index is 1.79. The van der Waals surface area contributed by atoms with Crippen LogP contribution in [0, 0.1) is 5.82 Å². The molecule has 0 radical (unpaired) electrons. The van der Waals surface area contributed by atoms with Crippen LogP contribution >= 0.6 is 0 Å². The number of carbonyl (C=O) groups is 1. The maximum Gasteiger partial charge on any atom is 0.412 e. The summed E-state index contributed by atoms with van der Waals surface area (Å²) < 4.78 is 25.0. The number of fused-ring (bicyclic) bond motifs is 1. The van der Waals surface area contributed by atoms with Gasteiger partial charge in [0.2, 0.25) is 0 Å². The second-order valence-electron chi connectivity index (χ2n) is 6.49. The van der Waals surface area contributed by atoms with Crippen molar-refractivity contribution in [1.82, 2.24) is 15.0 Å². The molecular formula is C17H17FN4O4. The van der Waals surface area contributed by atoms with Crippen LogP contribution in [-0.4, -0.2) is 26.6 Å². The number of benzene rings is 1. The van der Waals surface area contributed by atoms with Gasteiger partial charge in [-0.3, -0.25) is 10.3 Å². The number of hydrogen-bond donors (Lipinski definition) is 3. The minimum Gasteiger partial charge on any atom is -0.452 e. The van der Waals surface area contributed by atoms with Crippen LogP contribution in [0.15, 0.2) is 35.3 Å². The quantitative estimate of drug-likeness (QED) is 0.662. The first kappa shape index (κ1) is 17.5. The predicted molar refractivity (Wildman–Crippen MR) is 93.0 cm³/mol. The van der Waals surface area contributed by atoms with E-state index in [4.69, 9.17) is 9.47 Å². The fraction of sp³-hybridized carbons (Fsp3) is 0.235. The molecule has 1 amide bonds. The van der Waals surface area contributed by atoms with Gasteiger partial charge in [-0.2, -0.15) is 0 Å². The van der Waals surface area contributed by atoms with Crippen molar-refractivity contribution < 1.29 is 18.7 Å². The molecule has 0 saturated heterocycles. The molecule has 136 valence electrons. The maximum atomic E-state index is 14.3. The number of H-pyrrole nitrogens is 2. The number of hydrogen-bond acceptors (Lipinski definition) is 5. The van der Waals surface area contributed by atoms with Gasteiger partial charge in [-0.25, -0.2) is 19.0 Å². The highest BCUT2D eigenvalue weighted by molar-refractivity contribution is 5.85. The Labute approximate surface area is 147 Å². The highest BCUT2D eigenvalue weighted by atomic mass is 19.1. The first-order chi connectivity index (χ1) is 12.2. The average molecular weight is 360 g/mol. The molecule has 3 aromatic rings. The Morgan fingerprint density at radius 1 is 1.19 bits per heavy atom. The third-order valence-corrected chi connectivity index (χ3v) is 3.18. The molecule has 0 saturated carbocycles. The summed E-state index contributed by atoms with van der Waals surface area (Å²) in [5.74, 6) is -0.532. The average Bonchev–Trinajstić information content (AvgIpc) is 2.89. The van der Waals surface area contributed by atoms with Gasteiger partial charge in [0.05, 0.1) is 0 Å². The third-order valence-electron chi connectivity index (χ3n) is 3.18. The predicted octanol–water partition coefficient (Wildman–Crippen LogP) is 3.53. The van der Waals surface area contributed by atoms with Gasteiger partial charge in [0.25, 0.3) is 0 Å². The normalized spacial score (nSPS) is 11.4. The number of imidazole rings is 1. The van der Waals surface area contributed by atoms with Crippen molar-refractivity contribution in [3.05, 3.63) is 46.8 Å². The molecule has 2 aromatic heterocycles. The van der Waals surface area contributed by atoms with Crippen molar-refractivity contribution in [2.45, 2.75) is 26.4 Å². The summed E-state index contributed by atoms with van der Waals surface area (Å²) in [6, 6.07) is 5.44. The monoisotopic (exact) mass is 360 g/mol. The van der Waals surface area contributed by atoms with Crippen LogP contribution < -0.4 is 15.7 Å². The lowest BCUT2D eigenvalue weighted by Crippen LogP contribution is -2.27. The van der Waals surface area contributed by atoms with Gasteiger partial charge in [0.15, 0.2) is 23.0 Å². The Morgan fingerprint density at radius 3 is 2.65 bits per heavy atom. The smallest absolute Gasteiger partial charge is 0.412 e. The van der Waals surface area contributed by atoms with Crippen LogP contribution in [0.25, 0.3) is 11.2 Å². The van der Waals surface area contributed by atoms with E-state index in [1.807, 2.05) is 0 Å². The fourth-order valence-corrected chi connectivity index (χ4v) is 2.20. The van der Waals surface area contributed by atoms with E-state index in [2.05, 4.69) is 20.3 Å². The number of aromatic nitrogens is 3. The molecule has 26 heavy (non-hydrogen) atoms. The number of halogens is 1. The second kappa shape index (κ2) is 6.51. The van der Waals surface area contributed by atoms with Crippen LogP contribution in [0.5, 0.6) is 11.5 Å². The number of amides is 1. The Hall–Kier alpha value is -3.36. The van der Waals surface area contributed by atoms with Crippen molar-refractivity contribution in [3.63, 3.8) is 0 Å². The number of nitrogens with zero attached hydrogens (tertiary/aromatic N) is 1. The molecule has 3 N–H and O–H groups in total. The molecule has 0 fully saturated rings. The van der Waals surface area contributed by atoms with Crippen molar-refractivity contribution in [2.75, 3.05) is 5.32 Å². The van der Waals surface area contributed by atoms with Gasteiger partial charge in [0.1, 0.15) is 11.1 Å². The van der Waals surface area contributed by atoms with Gasteiger partial charge < -0.3 is 14.5 Å². The number of nitrogens with one attached hydrogen (secondary N) is 3. The number of anilines is 1. The molecule has 0 atom stereocenters. The molecule has 0 aliphatic carbocycles. The summed E-state index contributed by atoms with van der Waals surface area (Å²) in [6.07, 6.45) is 0.740. The summed E-state index contributed by atoms with van der Waals surface area (Å²) in [7, 11) is 0. The van der Waals surface area contributed by atoms with Crippen molar-refractivity contribution in [2.24, 2.45) is 0 Å². The number of pyridine rings is 1. The third kappa shape index (κ3) is 4.00. The van der Waals surface area contributed by atoms with E-state index in [9.17, 15) is 14.0 Å². The molecule has 9 heteroatoms. The van der Waals surface area contributed by atoms with Gasteiger partial charge in [0, 0.05) is 24.0 Å². The zero-order chi connectivity index (χ0) is 18.9. The highest BCUT2D eigenvalue weighted by Crippen LogP contribution is 2.29.